The van der Waals surface area contributed by atoms with Crippen molar-refractivity contribution in [3.8, 4) is 0 Å². The lowest BCUT2D eigenvalue weighted by molar-refractivity contribution is 0.0730. The van der Waals surface area contributed by atoms with Gasteiger partial charge in [-0.05, 0) is 36.3 Å². The Morgan fingerprint density at radius 3 is 2.91 bits per heavy atom. The summed E-state index contributed by atoms with van der Waals surface area (Å²) in [4.78, 5) is 22.2. The van der Waals surface area contributed by atoms with E-state index in [4.69, 9.17) is 0 Å². The van der Waals surface area contributed by atoms with Gasteiger partial charge in [-0.2, -0.15) is 11.8 Å². The molecule has 1 N–H and O–H groups in total. The van der Waals surface area contributed by atoms with Gasteiger partial charge in [0.05, 0.1) is 6.04 Å². The fourth-order valence-electron chi connectivity index (χ4n) is 2.88. The van der Waals surface area contributed by atoms with Crippen LogP contribution in [0.25, 0.3) is 0 Å². The topological polar surface area (TPSA) is 49.0 Å². The van der Waals surface area contributed by atoms with E-state index >= 15 is 0 Å². The van der Waals surface area contributed by atoms with Gasteiger partial charge < -0.3 is 9.88 Å². The number of aromatic nitrogens is 2. The van der Waals surface area contributed by atoms with Crippen LogP contribution in [0.15, 0.2) is 36.7 Å². The van der Waals surface area contributed by atoms with Crippen LogP contribution in [0.4, 0.5) is 0 Å². The maximum atomic E-state index is 12.8. The van der Waals surface area contributed by atoms with Gasteiger partial charge in [0.1, 0.15) is 5.82 Å². The van der Waals surface area contributed by atoms with Crippen LogP contribution >= 0.6 is 11.8 Å². The van der Waals surface area contributed by atoms with Gasteiger partial charge in [0.25, 0.3) is 5.91 Å². The lowest BCUT2D eigenvalue weighted by atomic mass is 10.1. The average Bonchev–Trinajstić information content (AvgIpc) is 3.23. The molecule has 116 valence electrons. The fraction of sp³-hybridized carbons (Fsp3) is 0.412. The Labute approximate surface area is 135 Å². The third-order valence-corrected chi connectivity index (χ3v) is 4.97. The molecule has 22 heavy (non-hydrogen) atoms. The molecule has 5 heteroatoms. The van der Waals surface area contributed by atoms with Crippen molar-refractivity contribution >= 4 is 17.7 Å². The number of benzene rings is 1. The smallest absolute Gasteiger partial charge is 0.254 e. The third kappa shape index (κ3) is 3.19. The molecule has 4 nitrogen and oxygen atoms in total. The van der Waals surface area contributed by atoms with Crippen LogP contribution in [0.1, 0.15) is 47.6 Å². The molecule has 1 fully saturated rings. The monoisotopic (exact) mass is 315 g/mol. The Kier molecular flexibility index (Phi) is 4.83. The minimum atomic E-state index is 0.0813. The molecule has 1 amide bonds. The van der Waals surface area contributed by atoms with E-state index in [-0.39, 0.29) is 11.9 Å². The number of carbonyl (C=O) groups is 1. The summed E-state index contributed by atoms with van der Waals surface area (Å²) in [6.45, 7) is 2.96. The summed E-state index contributed by atoms with van der Waals surface area (Å²) in [5.74, 6) is 3.11. The molecule has 1 aliphatic rings. The van der Waals surface area contributed by atoms with Crippen molar-refractivity contribution in [3.63, 3.8) is 0 Å². The van der Waals surface area contributed by atoms with Gasteiger partial charge in [-0.3, -0.25) is 4.79 Å². The van der Waals surface area contributed by atoms with Crippen LogP contribution < -0.4 is 0 Å². The zero-order valence-electron chi connectivity index (χ0n) is 12.8. The van der Waals surface area contributed by atoms with E-state index in [2.05, 4.69) is 29.0 Å². The minimum Gasteiger partial charge on any atom is -0.347 e. The number of hydrogen-bond donors (Lipinski definition) is 1. The molecule has 0 bridgehead atoms. The predicted octanol–water partition coefficient (Wildman–Crippen LogP) is 3.64. The second-order valence-electron chi connectivity index (χ2n) is 5.47. The summed E-state index contributed by atoms with van der Waals surface area (Å²) >= 11 is 1.89. The second kappa shape index (κ2) is 7.01. The maximum absolute atomic E-state index is 12.8. The number of rotatable bonds is 5. The number of amides is 1. The highest BCUT2D eigenvalue weighted by molar-refractivity contribution is 7.98. The van der Waals surface area contributed by atoms with Crippen molar-refractivity contribution in [2.24, 2.45) is 0 Å². The molecule has 1 unspecified atom stereocenters. The summed E-state index contributed by atoms with van der Waals surface area (Å²) in [7, 11) is 0. The number of aromatic amines is 1. The van der Waals surface area contributed by atoms with Crippen molar-refractivity contribution < 1.29 is 4.79 Å². The number of hydrogen-bond acceptors (Lipinski definition) is 3. The molecule has 3 rings (SSSR count). The molecule has 1 aromatic carbocycles. The summed E-state index contributed by atoms with van der Waals surface area (Å²) < 4.78 is 0. The van der Waals surface area contributed by atoms with Crippen molar-refractivity contribution in [2.45, 2.75) is 31.6 Å². The molecule has 0 radical (unpaired) electrons. The lowest BCUT2D eigenvalue weighted by Gasteiger charge is -2.23. The normalized spacial score (nSPS) is 17.9. The molecule has 1 atom stereocenters. The summed E-state index contributed by atoms with van der Waals surface area (Å²) in [6.07, 6.45) is 5.57. The van der Waals surface area contributed by atoms with Crippen molar-refractivity contribution in [2.75, 3.05) is 12.3 Å². The molecular formula is C17H21N3OS. The second-order valence-corrected chi connectivity index (χ2v) is 6.74. The number of thioether (sulfide) groups is 1. The minimum absolute atomic E-state index is 0.0813. The van der Waals surface area contributed by atoms with Crippen molar-refractivity contribution in [3.05, 3.63) is 53.6 Å². The van der Waals surface area contributed by atoms with Crippen LogP contribution in [0.3, 0.4) is 0 Å². The van der Waals surface area contributed by atoms with Crippen molar-refractivity contribution in [1.82, 2.24) is 14.9 Å². The lowest BCUT2D eigenvalue weighted by Crippen LogP contribution is -2.31. The summed E-state index contributed by atoms with van der Waals surface area (Å²) in [5.41, 5.74) is 2.04. The van der Waals surface area contributed by atoms with E-state index < -0.39 is 0 Å². The maximum Gasteiger partial charge on any atom is 0.254 e. The first-order valence-electron chi connectivity index (χ1n) is 7.76. The molecule has 1 aromatic heterocycles. The van der Waals surface area contributed by atoms with E-state index in [0.29, 0.717) is 0 Å². The van der Waals surface area contributed by atoms with Gasteiger partial charge in [-0.15, -0.1) is 0 Å². The molecule has 1 aliphatic heterocycles. The Bertz CT molecular complexity index is 609. The average molecular weight is 315 g/mol. The van der Waals surface area contributed by atoms with E-state index in [1.165, 1.54) is 5.56 Å². The molecule has 0 spiro atoms. The standard InChI is InChI=1S/C17H21N3OS/c1-2-22-12-13-5-7-14(8-6-13)17(21)20-11-3-4-15(20)16-18-9-10-19-16/h5-10,15H,2-4,11-12H2,1H3,(H,18,19). The number of carbonyl (C=O) groups excluding carboxylic acids is 1. The molecule has 2 heterocycles. The van der Waals surface area contributed by atoms with Crippen molar-refractivity contribution in [1.29, 1.82) is 0 Å². The Morgan fingerprint density at radius 1 is 1.41 bits per heavy atom. The quantitative estimate of drug-likeness (QED) is 0.916. The fourth-order valence-corrected chi connectivity index (χ4v) is 3.52. The van der Waals surface area contributed by atoms with Gasteiger partial charge >= 0.3 is 0 Å². The van der Waals surface area contributed by atoms with Crippen LogP contribution in [0.2, 0.25) is 0 Å². The van der Waals surface area contributed by atoms with E-state index in [1.54, 1.807) is 6.20 Å². The molecule has 0 saturated carbocycles. The van der Waals surface area contributed by atoms with E-state index in [1.807, 2.05) is 35.0 Å². The Hall–Kier alpha value is -1.75. The van der Waals surface area contributed by atoms with E-state index in [9.17, 15) is 4.79 Å². The van der Waals surface area contributed by atoms with Crippen LogP contribution in [-0.4, -0.2) is 33.1 Å². The number of imidazole rings is 1. The summed E-state index contributed by atoms with van der Waals surface area (Å²) in [5, 5.41) is 0. The SMILES string of the molecule is CCSCc1ccc(C(=O)N2CCCC2c2ncc[nH]2)cc1. The predicted molar refractivity (Wildman–Crippen MR) is 89.9 cm³/mol. The largest absolute Gasteiger partial charge is 0.347 e. The van der Waals surface area contributed by atoms with Crippen LogP contribution in [-0.2, 0) is 5.75 Å². The third-order valence-electron chi connectivity index (χ3n) is 4.02. The number of nitrogens with one attached hydrogen (secondary N) is 1. The summed E-state index contributed by atoms with van der Waals surface area (Å²) in [6, 6.07) is 8.11. The first kappa shape index (κ1) is 15.2. The molecular weight excluding hydrogens is 294 g/mol. The highest BCUT2D eigenvalue weighted by Gasteiger charge is 2.31. The van der Waals surface area contributed by atoms with Gasteiger partial charge in [0.2, 0.25) is 0 Å². The van der Waals surface area contributed by atoms with Crippen LogP contribution in [0.5, 0.6) is 0 Å². The first-order chi connectivity index (χ1) is 10.8. The Morgan fingerprint density at radius 2 is 2.23 bits per heavy atom. The Balaban J connectivity index is 1.72. The highest BCUT2D eigenvalue weighted by atomic mass is 32.2. The van der Waals surface area contributed by atoms with Gasteiger partial charge in [-0.1, -0.05) is 19.1 Å². The number of H-pyrrole nitrogens is 1. The van der Waals surface area contributed by atoms with Gasteiger partial charge in [-0.25, -0.2) is 4.98 Å². The zero-order valence-corrected chi connectivity index (χ0v) is 13.6. The number of nitrogens with zero attached hydrogens (tertiary/aromatic N) is 2. The molecule has 2 aromatic rings. The van der Waals surface area contributed by atoms with Gasteiger partial charge in [0.15, 0.2) is 0 Å². The number of likely N-dealkylation sites (tertiary alicyclic amines) is 1. The van der Waals surface area contributed by atoms with Gasteiger partial charge in [0, 0.05) is 30.3 Å². The molecule has 1 saturated heterocycles. The molecule has 0 aliphatic carbocycles. The zero-order chi connectivity index (χ0) is 15.4. The highest BCUT2D eigenvalue weighted by Crippen LogP contribution is 2.31. The first-order valence-corrected chi connectivity index (χ1v) is 8.92. The van der Waals surface area contributed by atoms with E-state index in [0.717, 1.165) is 42.3 Å². The van der Waals surface area contributed by atoms with Crippen LogP contribution in [0, 0.1) is 0 Å².